The van der Waals surface area contributed by atoms with Crippen molar-refractivity contribution in [1.82, 2.24) is 20.1 Å². The van der Waals surface area contributed by atoms with E-state index in [0.29, 0.717) is 23.2 Å². The maximum absolute atomic E-state index is 13.4. The van der Waals surface area contributed by atoms with Gasteiger partial charge in [-0.25, -0.2) is 22.5 Å². The van der Waals surface area contributed by atoms with E-state index >= 15 is 0 Å². The molecule has 3 aromatic rings. The van der Waals surface area contributed by atoms with Crippen LogP contribution in [0.15, 0.2) is 60.4 Å². The van der Waals surface area contributed by atoms with E-state index in [-0.39, 0.29) is 24.1 Å². The fourth-order valence-electron chi connectivity index (χ4n) is 3.61. The van der Waals surface area contributed by atoms with Crippen LogP contribution in [0.25, 0.3) is 17.3 Å². The normalized spacial score (nSPS) is 13.4. The second kappa shape index (κ2) is 9.60. The molecule has 0 spiro atoms. The molecular formula is C24H24FN5O3S. The Kier molecular flexibility index (Phi) is 6.60. The SMILES string of the molecule is CCC1=Cc2c(cnn2-c2ccc(F)cc2)C(C(=O)NCc2ccc(NS(C)(=O)=O)nc2)=CC1. The maximum Gasteiger partial charge on any atom is 0.251 e. The summed E-state index contributed by atoms with van der Waals surface area (Å²) in [6.45, 7) is 2.27. The summed E-state index contributed by atoms with van der Waals surface area (Å²) < 4.78 is 40.0. The van der Waals surface area contributed by atoms with Gasteiger partial charge in [0.2, 0.25) is 10.0 Å². The van der Waals surface area contributed by atoms with E-state index in [9.17, 15) is 17.6 Å². The molecule has 8 nitrogen and oxygen atoms in total. The van der Waals surface area contributed by atoms with Crippen LogP contribution in [0.2, 0.25) is 0 Å². The third-order valence-electron chi connectivity index (χ3n) is 5.34. The number of sulfonamides is 1. The minimum Gasteiger partial charge on any atom is -0.348 e. The number of amides is 1. The number of carbonyl (C=O) groups excluding carboxylic acids is 1. The van der Waals surface area contributed by atoms with Gasteiger partial charge in [-0.1, -0.05) is 24.6 Å². The van der Waals surface area contributed by atoms with Gasteiger partial charge < -0.3 is 5.32 Å². The average molecular weight is 482 g/mol. The Morgan fingerprint density at radius 3 is 2.56 bits per heavy atom. The summed E-state index contributed by atoms with van der Waals surface area (Å²) in [4.78, 5) is 17.2. The van der Waals surface area contributed by atoms with Crippen molar-refractivity contribution in [2.75, 3.05) is 11.0 Å². The van der Waals surface area contributed by atoms with E-state index in [1.165, 1.54) is 24.4 Å². The second-order valence-corrected chi connectivity index (χ2v) is 9.67. The van der Waals surface area contributed by atoms with Crippen molar-refractivity contribution in [2.24, 2.45) is 0 Å². The smallest absolute Gasteiger partial charge is 0.251 e. The van der Waals surface area contributed by atoms with Crippen LogP contribution in [0.3, 0.4) is 0 Å². The molecule has 2 heterocycles. The summed E-state index contributed by atoms with van der Waals surface area (Å²) in [5.74, 6) is -0.384. The number of pyridine rings is 1. The maximum atomic E-state index is 13.4. The zero-order valence-corrected chi connectivity index (χ0v) is 19.6. The average Bonchev–Trinajstić information content (AvgIpc) is 3.11. The van der Waals surface area contributed by atoms with Gasteiger partial charge in [0.25, 0.3) is 5.91 Å². The zero-order valence-electron chi connectivity index (χ0n) is 18.7. The third kappa shape index (κ3) is 5.40. The third-order valence-corrected chi connectivity index (χ3v) is 5.92. The summed E-state index contributed by atoms with van der Waals surface area (Å²) in [6, 6.07) is 9.27. The Morgan fingerprint density at radius 2 is 1.91 bits per heavy atom. The van der Waals surface area contributed by atoms with Gasteiger partial charge in [-0.05, 0) is 54.8 Å². The Labute approximate surface area is 197 Å². The second-order valence-electron chi connectivity index (χ2n) is 7.92. The van der Waals surface area contributed by atoms with E-state index in [1.807, 2.05) is 12.2 Å². The molecule has 0 radical (unpaired) electrons. The largest absolute Gasteiger partial charge is 0.348 e. The Hall–Kier alpha value is -3.79. The van der Waals surface area contributed by atoms with Crippen LogP contribution in [0.5, 0.6) is 0 Å². The molecule has 0 fully saturated rings. The molecule has 34 heavy (non-hydrogen) atoms. The fourth-order valence-corrected chi connectivity index (χ4v) is 4.11. The predicted molar refractivity (Wildman–Crippen MR) is 129 cm³/mol. The Morgan fingerprint density at radius 1 is 1.15 bits per heavy atom. The minimum atomic E-state index is -3.41. The van der Waals surface area contributed by atoms with Gasteiger partial charge >= 0.3 is 0 Å². The van der Waals surface area contributed by atoms with Crippen molar-refractivity contribution in [3.8, 4) is 5.69 Å². The van der Waals surface area contributed by atoms with E-state index < -0.39 is 10.0 Å². The van der Waals surface area contributed by atoms with E-state index in [4.69, 9.17) is 0 Å². The molecule has 0 unspecified atom stereocenters. The number of nitrogens with zero attached hydrogens (tertiary/aromatic N) is 3. The van der Waals surface area contributed by atoms with E-state index in [0.717, 1.165) is 29.5 Å². The summed E-state index contributed by atoms with van der Waals surface area (Å²) in [6.07, 6.45) is 9.57. The fraction of sp³-hybridized carbons (Fsp3) is 0.208. The van der Waals surface area contributed by atoms with Crippen LogP contribution in [0.1, 0.15) is 36.6 Å². The Bertz CT molecular complexity index is 1370. The Balaban J connectivity index is 1.55. The van der Waals surface area contributed by atoms with Crippen molar-refractivity contribution in [3.63, 3.8) is 0 Å². The first-order chi connectivity index (χ1) is 16.2. The number of carbonyl (C=O) groups is 1. The number of halogens is 1. The first kappa shape index (κ1) is 23.4. The lowest BCUT2D eigenvalue weighted by molar-refractivity contribution is -0.115. The van der Waals surface area contributed by atoms with Crippen molar-refractivity contribution in [2.45, 2.75) is 26.3 Å². The molecule has 10 heteroatoms. The van der Waals surface area contributed by atoms with Crippen LogP contribution >= 0.6 is 0 Å². The summed E-state index contributed by atoms with van der Waals surface area (Å²) >= 11 is 0. The van der Waals surface area contributed by atoms with Gasteiger partial charge in [-0.15, -0.1) is 0 Å². The number of anilines is 1. The predicted octanol–water partition coefficient (Wildman–Crippen LogP) is 3.67. The minimum absolute atomic E-state index is 0.208. The topological polar surface area (TPSA) is 106 Å². The number of hydrogen-bond donors (Lipinski definition) is 2. The molecule has 4 rings (SSSR count). The van der Waals surface area contributed by atoms with E-state index in [2.05, 4.69) is 27.0 Å². The van der Waals surface area contributed by atoms with Crippen molar-refractivity contribution in [1.29, 1.82) is 0 Å². The molecule has 0 atom stereocenters. The number of rotatable bonds is 7. The molecule has 2 aromatic heterocycles. The molecule has 0 saturated heterocycles. The van der Waals surface area contributed by atoms with Crippen LogP contribution in [-0.2, 0) is 21.4 Å². The lowest BCUT2D eigenvalue weighted by atomic mass is 10.1. The molecule has 176 valence electrons. The monoisotopic (exact) mass is 481 g/mol. The number of nitrogens with one attached hydrogen (secondary N) is 2. The van der Waals surface area contributed by atoms with Crippen LogP contribution in [-0.4, -0.2) is 35.3 Å². The molecule has 0 bridgehead atoms. The number of fused-ring (bicyclic) bond motifs is 1. The number of benzene rings is 1. The first-order valence-electron chi connectivity index (χ1n) is 10.7. The van der Waals surface area contributed by atoms with E-state index in [1.54, 1.807) is 29.1 Å². The number of hydrogen-bond acceptors (Lipinski definition) is 5. The molecule has 0 saturated carbocycles. The van der Waals surface area contributed by atoms with Gasteiger partial charge in [0.05, 0.1) is 23.8 Å². The quantitative estimate of drug-likeness (QED) is 0.536. The highest BCUT2D eigenvalue weighted by Crippen LogP contribution is 2.30. The van der Waals surface area contributed by atoms with Crippen LogP contribution < -0.4 is 10.0 Å². The van der Waals surface area contributed by atoms with Crippen molar-refractivity contribution in [3.05, 3.63) is 83.1 Å². The lowest BCUT2D eigenvalue weighted by Gasteiger charge is -2.10. The van der Waals surface area contributed by atoms with Crippen molar-refractivity contribution >= 4 is 33.4 Å². The van der Waals surface area contributed by atoms with Gasteiger partial charge in [0.15, 0.2) is 0 Å². The number of aromatic nitrogens is 3. The highest BCUT2D eigenvalue weighted by Gasteiger charge is 2.22. The number of allylic oxidation sites excluding steroid dienone is 2. The standard InChI is InChI=1S/C24H24FN5O3S/c1-3-16-4-10-20(21-15-28-30(22(21)12-16)19-8-6-18(25)7-9-19)24(31)27-14-17-5-11-23(26-13-17)29-34(2,32)33/h5-13,15H,3-4,14H2,1-2H3,(H,26,29)(H,27,31). The molecular weight excluding hydrogens is 457 g/mol. The van der Waals surface area contributed by atoms with Gasteiger partial charge in [-0.2, -0.15) is 5.10 Å². The lowest BCUT2D eigenvalue weighted by Crippen LogP contribution is -2.24. The summed E-state index contributed by atoms with van der Waals surface area (Å²) in [5, 5.41) is 7.36. The molecule has 1 aliphatic carbocycles. The molecule has 1 aliphatic rings. The van der Waals surface area contributed by atoms with Gasteiger partial charge in [0.1, 0.15) is 11.6 Å². The van der Waals surface area contributed by atoms with Gasteiger partial charge in [0, 0.05) is 23.9 Å². The van der Waals surface area contributed by atoms with Crippen molar-refractivity contribution < 1.29 is 17.6 Å². The summed E-state index contributed by atoms with van der Waals surface area (Å²) in [5.41, 5.74) is 4.52. The van der Waals surface area contributed by atoms with Crippen LogP contribution in [0, 0.1) is 5.82 Å². The highest BCUT2D eigenvalue weighted by atomic mass is 32.2. The molecule has 1 amide bonds. The molecule has 1 aromatic carbocycles. The first-order valence-corrected chi connectivity index (χ1v) is 12.6. The zero-order chi connectivity index (χ0) is 24.3. The molecule has 2 N–H and O–H groups in total. The highest BCUT2D eigenvalue weighted by molar-refractivity contribution is 7.92. The molecule has 0 aliphatic heterocycles. The summed E-state index contributed by atoms with van der Waals surface area (Å²) in [7, 11) is -3.41. The van der Waals surface area contributed by atoms with Gasteiger partial charge in [-0.3, -0.25) is 9.52 Å². The van der Waals surface area contributed by atoms with Crippen LogP contribution in [0.4, 0.5) is 10.2 Å².